The zero-order valence-corrected chi connectivity index (χ0v) is 13.3. The molecule has 0 aromatic heterocycles. The number of amides is 1. The SMILES string of the molecule is CCCCCNCCC(=O)Nc1c(C)cc(C)cc1C. The van der Waals surface area contributed by atoms with Crippen LogP contribution < -0.4 is 10.6 Å². The van der Waals surface area contributed by atoms with Crippen molar-refractivity contribution in [3.05, 3.63) is 28.8 Å². The summed E-state index contributed by atoms with van der Waals surface area (Å²) in [5.41, 5.74) is 4.46. The van der Waals surface area contributed by atoms with E-state index in [9.17, 15) is 4.79 Å². The molecule has 1 rings (SSSR count). The minimum Gasteiger partial charge on any atom is -0.326 e. The Morgan fingerprint density at radius 1 is 1.05 bits per heavy atom. The summed E-state index contributed by atoms with van der Waals surface area (Å²) in [5.74, 6) is 0.0862. The van der Waals surface area contributed by atoms with Gasteiger partial charge in [-0.1, -0.05) is 37.5 Å². The van der Waals surface area contributed by atoms with E-state index < -0.39 is 0 Å². The third-order valence-electron chi connectivity index (χ3n) is 3.43. The summed E-state index contributed by atoms with van der Waals surface area (Å²) in [4.78, 5) is 11.9. The van der Waals surface area contributed by atoms with Gasteiger partial charge < -0.3 is 10.6 Å². The van der Waals surface area contributed by atoms with Gasteiger partial charge in [0, 0.05) is 18.7 Å². The van der Waals surface area contributed by atoms with E-state index in [-0.39, 0.29) is 5.91 Å². The lowest BCUT2D eigenvalue weighted by Gasteiger charge is -2.13. The number of nitrogens with one attached hydrogen (secondary N) is 2. The van der Waals surface area contributed by atoms with Gasteiger partial charge in [0.2, 0.25) is 5.91 Å². The van der Waals surface area contributed by atoms with Crippen LogP contribution in [0.3, 0.4) is 0 Å². The average Bonchev–Trinajstić information content (AvgIpc) is 2.38. The van der Waals surface area contributed by atoms with Crippen LogP contribution in [0.25, 0.3) is 0 Å². The van der Waals surface area contributed by atoms with Crippen molar-refractivity contribution in [2.75, 3.05) is 18.4 Å². The van der Waals surface area contributed by atoms with Gasteiger partial charge in [-0.3, -0.25) is 4.79 Å². The van der Waals surface area contributed by atoms with Crippen LogP contribution in [0.4, 0.5) is 5.69 Å². The molecular formula is C17H28N2O. The number of anilines is 1. The maximum absolute atomic E-state index is 11.9. The molecule has 1 amide bonds. The number of carbonyl (C=O) groups is 1. The molecule has 0 fully saturated rings. The van der Waals surface area contributed by atoms with Crippen molar-refractivity contribution in [3.63, 3.8) is 0 Å². The zero-order valence-electron chi connectivity index (χ0n) is 13.3. The van der Waals surface area contributed by atoms with Crippen LogP contribution in [0.15, 0.2) is 12.1 Å². The lowest BCUT2D eigenvalue weighted by atomic mass is 10.1. The smallest absolute Gasteiger partial charge is 0.225 e. The van der Waals surface area contributed by atoms with Crippen molar-refractivity contribution in [2.24, 2.45) is 0 Å². The van der Waals surface area contributed by atoms with Crippen molar-refractivity contribution in [1.82, 2.24) is 5.32 Å². The van der Waals surface area contributed by atoms with Crippen LogP contribution in [-0.2, 0) is 4.79 Å². The van der Waals surface area contributed by atoms with Crippen LogP contribution in [0.5, 0.6) is 0 Å². The highest BCUT2D eigenvalue weighted by Crippen LogP contribution is 2.21. The first-order chi connectivity index (χ1) is 9.54. The predicted molar refractivity (Wildman–Crippen MR) is 86.3 cm³/mol. The predicted octanol–water partition coefficient (Wildman–Crippen LogP) is 3.72. The summed E-state index contributed by atoms with van der Waals surface area (Å²) >= 11 is 0. The number of rotatable bonds is 8. The highest BCUT2D eigenvalue weighted by Gasteiger charge is 2.07. The molecule has 0 saturated heterocycles. The third kappa shape index (κ3) is 5.74. The standard InChI is InChI=1S/C17H28N2O/c1-5-6-7-9-18-10-8-16(20)19-17-14(3)11-13(2)12-15(17)4/h11-12,18H,5-10H2,1-4H3,(H,19,20). The molecule has 0 saturated carbocycles. The molecule has 0 bridgehead atoms. The van der Waals surface area contributed by atoms with Gasteiger partial charge >= 0.3 is 0 Å². The van der Waals surface area contributed by atoms with Gasteiger partial charge in [0.05, 0.1) is 0 Å². The molecule has 0 heterocycles. The van der Waals surface area contributed by atoms with Gasteiger partial charge in [-0.25, -0.2) is 0 Å². The molecular weight excluding hydrogens is 248 g/mol. The van der Waals surface area contributed by atoms with Gasteiger partial charge in [0.1, 0.15) is 0 Å². The van der Waals surface area contributed by atoms with E-state index in [2.05, 4.69) is 36.6 Å². The Kier molecular flexibility index (Phi) is 7.31. The molecule has 1 aromatic carbocycles. The minimum atomic E-state index is 0.0862. The lowest BCUT2D eigenvalue weighted by molar-refractivity contribution is -0.116. The fraction of sp³-hybridized carbons (Fsp3) is 0.588. The van der Waals surface area contributed by atoms with E-state index in [4.69, 9.17) is 0 Å². The summed E-state index contributed by atoms with van der Waals surface area (Å²) in [5, 5.41) is 6.34. The monoisotopic (exact) mass is 276 g/mol. The minimum absolute atomic E-state index is 0.0862. The summed E-state index contributed by atoms with van der Waals surface area (Å²) in [6.07, 6.45) is 4.20. The van der Waals surface area contributed by atoms with Crippen LogP contribution in [0, 0.1) is 20.8 Å². The Morgan fingerprint density at radius 2 is 1.70 bits per heavy atom. The quantitative estimate of drug-likeness (QED) is 0.710. The molecule has 20 heavy (non-hydrogen) atoms. The van der Waals surface area contributed by atoms with Crippen LogP contribution in [-0.4, -0.2) is 19.0 Å². The second-order valence-corrected chi connectivity index (χ2v) is 5.53. The molecule has 0 unspecified atom stereocenters. The van der Waals surface area contributed by atoms with Crippen LogP contribution in [0.2, 0.25) is 0 Å². The molecule has 0 aliphatic heterocycles. The van der Waals surface area contributed by atoms with Crippen molar-refractivity contribution in [3.8, 4) is 0 Å². The van der Waals surface area contributed by atoms with Gasteiger partial charge in [-0.2, -0.15) is 0 Å². The Bertz CT molecular complexity index is 418. The molecule has 3 heteroatoms. The maximum atomic E-state index is 11.9. The van der Waals surface area contributed by atoms with Gasteiger partial charge in [-0.15, -0.1) is 0 Å². The van der Waals surface area contributed by atoms with Gasteiger partial charge in [0.25, 0.3) is 0 Å². The van der Waals surface area contributed by atoms with Crippen molar-refractivity contribution >= 4 is 11.6 Å². The van der Waals surface area contributed by atoms with Crippen LogP contribution in [0.1, 0.15) is 49.3 Å². The molecule has 0 aliphatic rings. The summed E-state index contributed by atoms with van der Waals surface area (Å²) in [6.45, 7) is 10.1. The molecule has 2 N–H and O–H groups in total. The number of unbranched alkanes of at least 4 members (excludes halogenated alkanes) is 2. The van der Waals surface area contributed by atoms with E-state index in [1.54, 1.807) is 0 Å². The Balaban J connectivity index is 2.36. The van der Waals surface area contributed by atoms with E-state index in [0.29, 0.717) is 6.42 Å². The lowest BCUT2D eigenvalue weighted by Crippen LogP contribution is -2.23. The Labute approximate surface area is 123 Å². The maximum Gasteiger partial charge on any atom is 0.225 e. The first-order valence-corrected chi connectivity index (χ1v) is 7.63. The number of hydrogen-bond donors (Lipinski definition) is 2. The summed E-state index contributed by atoms with van der Waals surface area (Å²) in [7, 11) is 0. The van der Waals surface area contributed by atoms with Gasteiger partial charge in [-0.05, 0) is 44.9 Å². The largest absolute Gasteiger partial charge is 0.326 e. The fourth-order valence-corrected chi connectivity index (χ4v) is 2.41. The first kappa shape index (κ1) is 16.7. The van der Waals surface area contributed by atoms with E-state index in [1.165, 1.54) is 24.8 Å². The summed E-state index contributed by atoms with van der Waals surface area (Å²) < 4.78 is 0. The molecule has 0 spiro atoms. The Hall–Kier alpha value is -1.35. The molecule has 0 radical (unpaired) electrons. The topological polar surface area (TPSA) is 41.1 Å². The number of benzene rings is 1. The Morgan fingerprint density at radius 3 is 2.30 bits per heavy atom. The van der Waals surface area contributed by atoms with Crippen molar-refractivity contribution < 1.29 is 4.79 Å². The highest BCUT2D eigenvalue weighted by molar-refractivity contribution is 5.92. The highest BCUT2D eigenvalue weighted by atomic mass is 16.1. The normalized spacial score (nSPS) is 10.6. The zero-order chi connectivity index (χ0) is 15.0. The van der Waals surface area contributed by atoms with E-state index in [0.717, 1.165) is 29.9 Å². The number of aryl methyl sites for hydroxylation is 3. The van der Waals surface area contributed by atoms with Crippen LogP contribution >= 0.6 is 0 Å². The fourth-order valence-electron chi connectivity index (χ4n) is 2.41. The molecule has 3 nitrogen and oxygen atoms in total. The number of carbonyl (C=O) groups excluding carboxylic acids is 1. The second-order valence-electron chi connectivity index (χ2n) is 5.53. The molecule has 112 valence electrons. The number of hydrogen-bond acceptors (Lipinski definition) is 2. The average molecular weight is 276 g/mol. The van der Waals surface area contributed by atoms with Crippen molar-refractivity contribution in [2.45, 2.75) is 53.4 Å². The molecule has 0 aliphatic carbocycles. The van der Waals surface area contributed by atoms with Crippen molar-refractivity contribution in [1.29, 1.82) is 0 Å². The third-order valence-corrected chi connectivity index (χ3v) is 3.43. The van der Waals surface area contributed by atoms with Gasteiger partial charge in [0.15, 0.2) is 0 Å². The van der Waals surface area contributed by atoms with E-state index in [1.807, 2.05) is 13.8 Å². The molecule has 1 aromatic rings. The summed E-state index contributed by atoms with van der Waals surface area (Å²) in [6, 6.07) is 4.21. The van der Waals surface area contributed by atoms with E-state index >= 15 is 0 Å². The first-order valence-electron chi connectivity index (χ1n) is 7.63. The molecule has 0 atom stereocenters. The second kappa shape index (κ2) is 8.75.